The smallest absolute Gasteiger partial charge is 0.359 e. The summed E-state index contributed by atoms with van der Waals surface area (Å²) in [5.41, 5.74) is -0.146. The van der Waals surface area contributed by atoms with E-state index in [1.54, 1.807) is 0 Å². The molecule has 4 nitrogen and oxygen atoms in total. The van der Waals surface area contributed by atoms with Gasteiger partial charge in [-0.2, -0.15) is 13.2 Å². The molecule has 0 saturated heterocycles. The number of nitro benzene ring substituents is 1. The van der Waals surface area contributed by atoms with Gasteiger partial charge in [0.05, 0.1) is 16.0 Å². The molecule has 1 aromatic carbocycles. The van der Waals surface area contributed by atoms with Crippen LogP contribution in [0.15, 0.2) is 16.6 Å². The lowest BCUT2D eigenvalue weighted by molar-refractivity contribution is -0.385. The predicted octanol–water partition coefficient (Wildman–Crippen LogP) is 3.49. The largest absolute Gasteiger partial charge is 0.418 e. The highest BCUT2D eigenvalue weighted by Gasteiger charge is 2.46. The summed E-state index contributed by atoms with van der Waals surface area (Å²) in [7, 11) is 0. The lowest BCUT2D eigenvalue weighted by atomic mass is 10.0. The van der Waals surface area contributed by atoms with Crippen molar-refractivity contribution in [2.24, 2.45) is 0 Å². The Balaban J connectivity index is 2.50. The highest BCUT2D eigenvalue weighted by atomic mass is 79.9. The van der Waals surface area contributed by atoms with Crippen LogP contribution in [0.5, 0.6) is 0 Å². The van der Waals surface area contributed by atoms with Gasteiger partial charge in [-0.3, -0.25) is 10.1 Å². The zero-order chi connectivity index (χ0) is 12.8. The molecule has 0 spiro atoms. The Bertz CT molecular complexity index is 489. The van der Waals surface area contributed by atoms with Crippen LogP contribution in [0.1, 0.15) is 17.2 Å². The van der Waals surface area contributed by atoms with Crippen LogP contribution < -0.4 is 0 Å². The van der Waals surface area contributed by atoms with Gasteiger partial charge in [0.1, 0.15) is 0 Å². The molecule has 0 fully saturated rings. The molecule has 0 radical (unpaired) electrons. The van der Waals surface area contributed by atoms with E-state index in [1.165, 1.54) is 0 Å². The van der Waals surface area contributed by atoms with Crippen LogP contribution in [0.25, 0.3) is 0 Å². The third-order valence-electron chi connectivity index (χ3n) is 2.39. The third kappa shape index (κ3) is 2.14. The zero-order valence-corrected chi connectivity index (χ0v) is 9.71. The summed E-state index contributed by atoms with van der Waals surface area (Å²) in [6.07, 6.45) is -6.52. The number of fused-ring (bicyclic) bond motifs is 1. The molecule has 2 rings (SSSR count). The molecule has 0 aliphatic carbocycles. The van der Waals surface area contributed by atoms with Crippen LogP contribution in [0, 0.1) is 10.1 Å². The monoisotopic (exact) mass is 311 g/mol. The summed E-state index contributed by atoms with van der Waals surface area (Å²) in [4.78, 5) is 9.95. The van der Waals surface area contributed by atoms with Crippen LogP contribution in [-0.2, 0) is 11.3 Å². The number of nitro groups is 1. The van der Waals surface area contributed by atoms with Crippen LogP contribution in [0.3, 0.4) is 0 Å². The Morgan fingerprint density at radius 2 is 2.12 bits per heavy atom. The van der Waals surface area contributed by atoms with Crippen LogP contribution >= 0.6 is 15.9 Å². The van der Waals surface area contributed by atoms with Crippen molar-refractivity contribution < 1.29 is 22.8 Å². The quantitative estimate of drug-likeness (QED) is 0.589. The van der Waals surface area contributed by atoms with Crippen molar-refractivity contribution in [1.82, 2.24) is 0 Å². The van der Waals surface area contributed by atoms with Crippen molar-refractivity contribution in [3.63, 3.8) is 0 Å². The van der Waals surface area contributed by atoms with Gasteiger partial charge in [0, 0.05) is 6.07 Å². The fourth-order valence-corrected chi connectivity index (χ4v) is 2.17. The van der Waals surface area contributed by atoms with E-state index < -0.39 is 17.2 Å². The Labute approximate surface area is 102 Å². The second-order valence-corrected chi connectivity index (χ2v) is 4.35. The minimum atomic E-state index is -4.51. The van der Waals surface area contributed by atoms with E-state index >= 15 is 0 Å². The van der Waals surface area contributed by atoms with E-state index in [1.807, 2.05) is 0 Å². The van der Waals surface area contributed by atoms with Gasteiger partial charge in [0.15, 0.2) is 6.10 Å². The number of nitrogens with zero attached hydrogens (tertiary/aromatic N) is 1. The number of hydrogen-bond acceptors (Lipinski definition) is 3. The molecule has 92 valence electrons. The van der Waals surface area contributed by atoms with Crippen molar-refractivity contribution in [3.05, 3.63) is 37.8 Å². The molecule has 0 N–H and O–H groups in total. The van der Waals surface area contributed by atoms with E-state index in [4.69, 9.17) is 0 Å². The van der Waals surface area contributed by atoms with Crippen LogP contribution in [0.4, 0.5) is 18.9 Å². The summed E-state index contributed by atoms with van der Waals surface area (Å²) in [6.45, 7) is -0.270. The molecule has 1 unspecified atom stereocenters. The van der Waals surface area contributed by atoms with E-state index in [-0.39, 0.29) is 27.9 Å². The number of halogens is 4. The van der Waals surface area contributed by atoms with E-state index in [0.29, 0.717) is 0 Å². The highest BCUT2D eigenvalue weighted by molar-refractivity contribution is 9.10. The molecule has 1 atom stereocenters. The molecule has 0 amide bonds. The van der Waals surface area contributed by atoms with Gasteiger partial charge < -0.3 is 4.74 Å². The summed E-state index contributed by atoms with van der Waals surface area (Å²) in [5.74, 6) is 0. The maximum atomic E-state index is 12.6. The Morgan fingerprint density at radius 1 is 1.47 bits per heavy atom. The van der Waals surface area contributed by atoms with Gasteiger partial charge in [0.2, 0.25) is 0 Å². The SMILES string of the molecule is O=[N+]([O-])c1cc2c(cc1Br)C(C(F)(F)F)OC2. The van der Waals surface area contributed by atoms with Crippen LogP contribution in [-0.4, -0.2) is 11.1 Å². The van der Waals surface area contributed by atoms with Gasteiger partial charge in [-0.25, -0.2) is 0 Å². The van der Waals surface area contributed by atoms with E-state index in [9.17, 15) is 23.3 Å². The van der Waals surface area contributed by atoms with Crippen molar-refractivity contribution in [2.75, 3.05) is 0 Å². The van der Waals surface area contributed by atoms with Crippen LogP contribution in [0.2, 0.25) is 0 Å². The minimum Gasteiger partial charge on any atom is -0.359 e. The summed E-state index contributed by atoms with van der Waals surface area (Å²) < 4.78 is 42.3. The number of hydrogen-bond donors (Lipinski definition) is 0. The molecule has 0 aromatic heterocycles. The van der Waals surface area contributed by atoms with Gasteiger partial charge >= 0.3 is 6.18 Å². The lowest BCUT2D eigenvalue weighted by Crippen LogP contribution is -2.19. The standard InChI is InChI=1S/C9H5BrF3NO3/c10-6-2-5-4(1-7(6)14(15)16)3-17-8(5)9(11,12)13/h1-2,8H,3H2. The average Bonchev–Trinajstić information content (AvgIpc) is 2.57. The Kier molecular flexibility index (Phi) is 2.86. The molecule has 0 saturated carbocycles. The fourth-order valence-electron chi connectivity index (χ4n) is 1.66. The first kappa shape index (κ1) is 12.3. The molecule has 1 aliphatic heterocycles. The second kappa shape index (κ2) is 3.95. The first-order chi connectivity index (χ1) is 7.80. The highest BCUT2D eigenvalue weighted by Crippen LogP contribution is 2.45. The molecule has 17 heavy (non-hydrogen) atoms. The second-order valence-electron chi connectivity index (χ2n) is 3.49. The molecule has 1 heterocycles. The number of alkyl halides is 3. The molecular weight excluding hydrogens is 307 g/mol. The molecular formula is C9H5BrF3NO3. The van der Waals surface area contributed by atoms with Gasteiger partial charge in [0.25, 0.3) is 5.69 Å². The Hall–Kier alpha value is -1.15. The van der Waals surface area contributed by atoms with Crippen molar-refractivity contribution >= 4 is 21.6 Å². The van der Waals surface area contributed by atoms with E-state index in [2.05, 4.69) is 20.7 Å². The molecule has 0 bridgehead atoms. The normalized spacial score (nSPS) is 19.2. The van der Waals surface area contributed by atoms with Crippen molar-refractivity contribution in [3.8, 4) is 0 Å². The zero-order valence-electron chi connectivity index (χ0n) is 8.12. The number of rotatable bonds is 1. The minimum absolute atomic E-state index is 0.0148. The van der Waals surface area contributed by atoms with Gasteiger partial charge in [-0.1, -0.05) is 0 Å². The molecule has 8 heteroatoms. The summed E-state index contributed by atoms with van der Waals surface area (Å²) in [6, 6.07) is 2.20. The number of benzene rings is 1. The first-order valence-electron chi connectivity index (χ1n) is 4.45. The lowest BCUT2D eigenvalue weighted by Gasteiger charge is -2.14. The number of ether oxygens (including phenoxy) is 1. The van der Waals surface area contributed by atoms with Gasteiger partial charge in [-0.05, 0) is 33.1 Å². The summed E-state index contributed by atoms with van der Waals surface area (Å²) in [5, 5.41) is 10.6. The van der Waals surface area contributed by atoms with E-state index in [0.717, 1.165) is 12.1 Å². The molecule has 1 aromatic rings. The predicted molar refractivity (Wildman–Crippen MR) is 54.4 cm³/mol. The first-order valence-corrected chi connectivity index (χ1v) is 5.25. The Morgan fingerprint density at radius 3 is 2.65 bits per heavy atom. The molecule has 1 aliphatic rings. The van der Waals surface area contributed by atoms with Gasteiger partial charge in [-0.15, -0.1) is 0 Å². The maximum Gasteiger partial charge on any atom is 0.418 e. The third-order valence-corrected chi connectivity index (χ3v) is 3.03. The van der Waals surface area contributed by atoms with Crippen molar-refractivity contribution in [2.45, 2.75) is 18.9 Å². The topological polar surface area (TPSA) is 52.4 Å². The average molecular weight is 312 g/mol. The maximum absolute atomic E-state index is 12.6. The van der Waals surface area contributed by atoms with Crippen molar-refractivity contribution in [1.29, 1.82) is 0 Å². The summed E-state index contributed by atoms with van der Waals surface area (Å²) >= 11 is 2.88. The fraction of sp³-hybridized carbons (Fsp3) is 0.333.